The smallest absolute Gasteiger partial charge is 0.126 e. The van der Waals surface area contributed by atoms with Crippen molar-refractivity contribution in [2.45, 2.75) is 64.7 Å². The van der Waals surface area contributed by atoms with Crippen LogP contribution in [0.25, 0.3) is 0 Å². The molecule has 190 valence electrons. The molecular weight excluding hydrogens is 447 g/mol. The van der Waals surface area contributed by atoms with E-state index in [9.17, 15) is 4.39 Å². The van der Waals surface area contributed by atoms with Gasteiger partial charge in [0.15, 0.2) is 0 Å². The molecular formula is C28H44ClFN4. The lowest BCUT2D eigenvalue weighted by molar-refractivity contribution is 0.0992. The zero-order chi connectivity index (χ0) is 24.6. The Hall–Kier alpha value is -1.56. The Morgan fingerprint density at radius 3 is 2.76 bits per heavy atom. The van der Waals surface area contributed by atoms with Gasteiger partial charge in [0, 0.05) is 38.6 Å². The molecule has 1 saturated heterocycles. The average Bonchev–Trinajstić information content (AvgIpc) is 2.79. The minimum absolute atomic E-state index is 0.0310. The first kappa shape index (κ1) is 28.7. The number of hydrogen-bond donors (Lipinski definition) is 1. The third-order valence-electron chi connectivity index (χ3n) is 6.90. The van der Waals surface area contributed by atoms with Gasteiger partial charge in [0.2, 0.25) is 0 Å². The summed E-state index contributed by atoms with van der Waals surface area (Å²) in [5.74, 6) is 1.47. The van der Waals surface area contributed by atoms with Gasteiger partial charge in [-0.2, -0.15) is 0 Å². The van der Waals surface area contributed by atoms with Gasteiger partial charge >= 0.3 is 0 Å². The minimum atomic E-state index is -0.0310. The molecule has 1 fully saturated rings. The monoisotopic (exact) mass is 490 g/mol. The summed E-state index contributed by atoms with van der Waals surface area (Å²) in [6.45, 7) is 10.8. The van der Waals surface area contributed by atoms with Gasteiger partial charge in [-0.05, 0) is 81.4 Å². The maximum atomic E-state index is 14.5. The molecule has 1 unspecified atom stereocenters. The highest BCUT2D eigenvalue weighted by atomic mass is 35.5. The molecule has 1 aromatic carbocycles. The molecule has 1 heterocycles. The minimum Gasteiger partial charge on any atom is -0.320 e. The van der Waals surface area contributed by atoms with Crippen LogP contribution in [0.15, 0.2) is 39.4 Å². The van der Waals surface area contributed by atoms with Crippen LogP contribution in [0.5, 0.6) is 0 Å². The predicted molar refractivity (Wildman–Crippen MR) is 146 cm³/mol. The lowest BCUT2D eigenvalue weighted by Crippen LogP contribution is -2.47. The lowest BCUT2D eigenvalue weighted by Gasteiger charge is -2.38. The second-order valence-corrected chi connectivity index (χ2v) is 10.0. The SMILES string of the molecule is C=N/C=C(/Cl)C=NCCC(CCCCCc1ccc(CCN2CC(CC)C2)c(F)c1)CCNC. The number of benzene rings is 1. The van der Waals surface area contributed by atoms with Crippen molar-refractivity contribution in [3.8, 4) is 0 Å². The molecule has 1 aliphatic rings. The van der Waals surface area contributed by atoms with Crippen LogP contribution >= 0.6 is 11.6 Å². The van der Waals surface area contributed by atoms with Gasteiger partial charge < -0.3 is 10.2 Å². The van der Waals surface area contributed by atoms with E-state index in [0.29, 0.717) is 11.0 Å². The fourth-order valence-electron chi connectivity index (χ4n) is 4.60. The van der Waals surface area contributed by atoms with E-state index in [1.165, 1.54) is 45.0 Å². The summed E-state index contributed by atoms with van der Waals surface area (Å²) >= 11 is 5.96. The number of nitrogens with one attached hydrogen (secondary N) is 1. The molecule has 6 heteroatoms. The van der Waals surface area contributed by atoms with Crippen molar-refractivity contribution in [2.75, 3.05) is 39.8 Å². The molecule has 1 aromatic rings. The van der Waals surface area contributed by atoms with Crippen molar-refractivity contribution < 1.29 is 4.39 Å². The fourth-order valence-corrected chi connectivity index (χ4v) is 4.73. The zero-order valence-electron chi connectivity index (χ0n) is 21.2. The lowest BCUT2D eigenvalue weighted by atomic mass is 9.93. The second-order valence-electron chi connectivity index (χ2n) is 9.59. The molecule has 4 nitrogen and oxygen atoms in total. The molecule has 0 radical (unpaired) electrons. The standard InChI is InChI=1S/C28H44ClFN4/c1-4-23-21-34(22-23)17-14-26-11-10-25(18-28(26)30)9-7-5-6-8-24(12-15-31-2)13-16-33-20-27(29)19-32-3/h10-11,18-20,23-24,31H,3-9,12-17,21-22H2,1-2H3/b27-19+,33-20?. The number of rotatable bonds is 18. The number of nitrogens with zero attached hydrogens (tertiary/aromatic N) is 3. The molecule has 1 atom stereocenters. The van der Waals surface area contributed by atoms with Crippen molar-refractivity contribution in [1.82, 2.24) is 10.2 Å². The Morgan fingerprint density at radius 2 is 2.06 bits per heavy atom. The summed E-state index contributed by atoms with van der Waals surface area (Å²) in [6, 6.07) is 5.89. The Morgan fingerprint density at radius 1 is 1.24 bits per heavy atom. The number of hydrogen-bond acceptors (Lipinski definition) is 4. The number of allylic oxidation sites excluding steroid dienone is 1. The number of aliphatic imine (C=N–C) groups is 2. The van der Waals surface area contributed by atoms with Gasteiger partial charge in [0.05, 0.1) is 5.03 Å². The fraction of sp³-hybridized carbons (Fsp3) is 0.643. The highest BCUT2D eigenvalue weighted by Gasteiger charge is 2.24. The molecule has 0 amide bonds. The topological polar surface area (TPSA) is 40.0 Å². The number of aryl methyl sites for hydroxylation is 1. The van der Waals surface area contributed by atoms with E-state index in [-0.39, 0.29) is 5.82 Å². The summed E-state index contributed by atoms with van der Waals surface area (Å²) in [5.41, 5.74) is 1.98. The second kappa shape index (κ2) is 17.0. The van der Waals surface area contributed by atoms with E-state index in [1.807, 2.05) is 13.1 Å². The molecule has 1 N–H and O–H groups in total. The predicted octanol–water partition coefficient (Wildman–Crippen LogP) is 6.28. The maximum Gasteiger partial charge on any atom is 0.126 e. The van der Waals surface area contributed by atoms with E-state index in [0.717, 1.165) is 68.8 Å². The summed E-state index contributed by atoms with van der Waals surface area (Å²) in [6.07, 6.45) is 13.1. The number of likely N-dealkylation sites (tertiary alicyclic amines) is 1. The van der Waals surface area contributed by atoms with Crippen molar-refractivity contribution in [3.63, 3.8) is 0 Å². The van der Waals surface area contributed by atoms with Crippen LogP contribution < -0.4 is 5.32 Å². The van der Waals surface area contributed by atoms with Gasteiger partial charge in [-0.15, -0.1) is 0 Å². The summed E-state index contributed by atoms with van der Waals surface area (Å²) in [4.78, 5) is 10.5. The highest BCUT2D eigenvalue weighted by molar-refractivity contribution is 6.39. The van der Waals surface area contributed by atoms with Crippen molar-refractivity contribution in [2.24, 2.45) is 21.8 Å². The van der Waals surface area contributed by atoms with Crippen molar-refractivity contribution >= 4 is 24.5 Å². The third-order valence-corrected chi connectivity index (χ3v) is 7.10. The van der Waals surface area contributed by atoms with Crippen LogP contribution in [0.3, 0.4) is 0 Å². The van der Waals surface area contributed by atoms with Crippen LogP contribution in [0.4, 0.5) is 4.39 Å². The first-order valence-corrected chi connectivity index (χ1v) is 13.4. The first-order chi connectivity index (χ1) is 16.5. The molecule has 2 rings (SSSR count). The zero-order valence-corrected chi connectivity index (χ0v) is 22.0. The van der Waals surface area contributed by atoms with E-state index >= 15 is 0 Å². The number of unbranched alkanes of at least 4 members (excludes halogenated alkanes) is 2. The molecule has 0 bridgehead atoms. The molecule has 1 aliphatic heterocycles. The molecule has 34 heavy (non-hydrogen) atoms. The van der Waals surface area contributed by atoms with Crippen LogP contribution in [0.1, 0.15) is 63.0 Å². The Bertz CT molecular complexity index is 774. The summed E-state index contributed by atoms with van der Waals surface area (Å²) < 4.78 is 14.5. The van der Waals surface area contributed by atoms with Crippen LogP contribution in [0, 0.1) is 17.7 Å². The van der Waals surface area contributed by atoms with Gasteiger partial charge in [0.25, 0.3) is 0 Å². The summed E-state index contributed by atoms with van der Waals surface area (Å²) in [7, 11) is 2.00. The largest absolute Gasteiger partial charge is 0.320 e. The van der Waals surface area contributed by atoms with Gasteiger partial charge in [-0.1, -0.05) is 56.3 Å². The Balaban J connectivity index is 1.64. The maximum absolute atomic E-state index is 14.5. The van der Waals surface area contributed by atoms with Crippen molar-refractivity contribution in [1.29, 1.82) is 0 Å². The molecule has 0 saturated carbocycles. The molecule has 0 aromatic heterocycles. The summed E-state index contributed by atoms with van der Waals surface area (Å²) in [5, 5.41) is 3.76. The van der Waals surface area contributed by atoms with Crippen LogP contribution in [-0.2, 0) is 12.8 Å². The molecule has 0 spiro atoms. The average molecular weight is 491 g/mol. The van der Waals surface area contributed by atoms with Gasteiger partial charge in [-0.25, -0.2) is 4.39 Å². The quantitative estimate of drug-likeness (QED) is 0.194. The van der Waals surface area contributed by atoms with Gasteiger partial charge in [0.1, 0.15) is 5.82 Å². The van der Waals surface area contributed by atoms with E-state index in [2.05, 4.69) is 39.9 Å². The van der Waals surface area contributed by atoms with Gasteiger partial charge in [-0.3, -0.25) is 9.98 Å². The number of halogens is 2. The Labute approximate surface area is 211 Å². The van der Waals surface area contributed by atoms with E-state index in [1.54, 1.807) is 12.3 Å². The van der Waals surface area contributed by atoms with Crippen molar-refractivity contribution in [3.05, 3.63) is 46.4 Å². The highest BCUT2D eigenvalue weighted by Crippen LogP contribution is 2.21. The van der Waals surface area contributed by atoms with Crippen LogP contribution in [0.2, 0.25) is 0 Å². The van der Waals surface area contributed by atoms with Crippen LogP contribution in [-0.4, -0.2) is 57.6 Å². The first-order valence-electron chi connectivity index (χ1n) is 13.0. The Kier molecular flexibility index (Phi) is 14.3. The van der Waals surface area contributed by atoms with E-state index < -0.39 is 0 Å². The third kappa shape index (κ3) is 11.2. The normalized spacial score (nSPS) is 16.2. The molecule has 0 aliphatic carbocycles. The van der Waals surface area contributed by atoms with E-state index in [4.69, 9.17) is 11.6 Å².